The highest BCUT2D eigenvalue weighted by molar-refractivity contribution is 7.16. The van der Waals surface area contributed by atoms with Crippen LogP contribution in [-0.4, -0.2) is 16.7 Å². The first-order chi connectivity index (χ1) is 13.5. The molecule has 0 atom stereocenters. The molecule has 0 spiro atoms. The third kappa shape index (κ3) is 3.76. The van der Waals surface area contributed by atoms with E-state index in [9.17, 15) is 9.59 Å². The van der Waals surface area contributed by atoms with Gasteiger partial charge in [0.05, 0.1) is 5.69 Å². The number of hydrogen-bond acceptors (Lipinski definition) is 4. The standard InChI is InChI=1S/C23H22N2O2S/c1-14-7-8-15(2)18(13-14)19(26)10-12-21(27)24-23-25-22-17-6-4-3-5-16(17)9-11-20(22)28-23/h3-8,13H,9-12H2,1-2H3,(H,24,25,27). The Labute approximate surface area is 168 Å². The number of carbonyl (C=O) groups is 2. The number of nitrogens with zero attached hydrogens (tertiary/aromatic N) is 1. The van der Waals surface area contributed by atoms with Crippen molar-refractivity contribution in [3.63, 3.8) is 0 Å². The Bertz CT molecular complexity index is 1070. The highest BCUT2D eigenvalue weighted by Gasteiger charge is 2.21. The summed E-state index contributed by atoms with van der Waals surface area (Å²) in [6.45, 7) is 3.88. The summed E-state index contributed by atoms with van der Waals surface area (Å²) in [5, 5.41) is 3.50. The van der Waals surface area contributed by atoms with Crippen molar-refractivity contribution in [2.75, 3.05) is 5.32 Å². The molecule has 1 N–H and O–H groups in total. The average Bonchev–Trinajstić information content (AvgIpc) is 3.11. The van der Waals surface area contributed by atoms with E-state index < -0.39 is 0 Å². The van der Waals surface area contributed by atoms with Gasteiger partial charge in [-0.25, -0.2) is 4.98 Å². The molecule has 1 aromatic heterocycles. The first-order valence-electron chi connectivity index (χ1n) is 9.49. The van der Waals surface area contributed by atoms with Crippen LogP contribution in [0.15, 0.2) is 42.5 Å². The molecule has 5 heteroatoms. The molecular weight excluding hydrogens is 368 g/mol. The number of rotatable bonds is 5. The minimum atomic E-state index is -0.168. The topological polar surface area (TPSA) is 59.1 Å². The number of anilines is 1. The van der Waals surface area contributed by atoms with Crippen molar-refractivity contribution in [1.29, 1.82) is 0 Å². The van der Waals surface area contributed by atoms with Gasteiger partial charge in [-0.2, -0.15) is 0 Å². The van der Waals surface area contributed by atoms with E-state index >= 15 is 0 Å². The second kappa shape index (κ2) is 7.68. The number of ketones is 1. The second-order valence-corrected chi connectivity index (χ2v) is 8.32. The van der Waals surface area contributed by atoms with Crippen molar-refractivity contribution in [1.82, 2.24) is 4.98 Å². The largest absolute Gasteiger partial charge is 0.302 e. The molecule has 142 valence electrons. The molecule has 1 heterocycles. The first-order valence-corrected chi connectivity index (χ1v) is 10.3. The summed E-state index contributed by atoms with van der Waals surface area (Å²) in [6.07, 6.45) is 2.31. The summed E-state index contributed by atoms with van der Waals surface area (Å²) in [4.78, 5) is 30.7. The molecule has 0 fully saturated rings. The van der Waals surface area contributed by atoms with E-state index in [2.05, 4.69) is 22.4 Å². The smallest absolute Gasteiger partial charge is 0.226 e. The molecule has 2 aromatic carbocycles. The van der Waals surface area contributed by atoms with Gasteiger partial charge in [0.1, 0.15) is 0 Å². The van der Waals surface area contributed by atoms with E-state index in [0.717, 1.165) is 35.2 Å². The molecule has 28 heavy (non-hydrogen) atoms. The van der Waals surface area contributed by atoms with Crippen LogP contribution in [0.2, 0.25) is 0 Å². The van der Waals surface area contributed by atoms with Crippen molar-refractivity contribution in [2.24, 2.45) is 0 Å². The number of amides is 1. The van der Waals surface area contributed by atoms with Crippen LogP contribution in [0.25, 0.3) is 11.3 Å². The first kappa shape index (κ1) is 18.6. The van der Waals surface area contributed by atoms with E-state index in [4.69, 9.17) is 0 Å². The second-order valence-electron chi connectivity index (χ2n) is 7.24. The lowest BCUT2D eigenvalue weighted by atomic mass is 9.94. The van der Waals surface area contributed by atoms with Gasteiger partial charge in [0.15, 0.2) is 10.9 Å². The predicted molar refractivity (Wildman–Crippen MR) is 113 cm³/mol. The van der Waals surface area contributed by atoms with Gasteiger partial charge in [-0.1, -0.05) is 42.0 Å². The van der Waals surface area contributed by atoms with Gasteiger partial charge in [-0.15, -0.1) is 11.3 Å². The minimum absolute atomic E-state index is 0.00344. The molecule has 0 saturated carbocycles. The SMILES string of the molecule is Cc1ccc(C)c(C(=O)CCC(=O)Nc2nc3c(s2)CCc2ccccc2-3)c1. The van der Waals surface area contributed by atoms with E-state index in [1.54, 1.807) is 0 Å². The summed E-state index contributed by atoms with van der Waals surface area (Å²) >= 11 is 1.53. The lowest BCUT2D eigenvalue weighted by Crippen LogP contribution is -2.14. The maximum atomic E-state index is 12.5. The quantitative estimate of drug-likeness (QED) is 0.615. The Balaban J connectivity index is 1.41. The van der Waals surface area contributed by atoms with Crippen molar-refractivity contribution < 1.29 is 9.59 Å². The zero-order valence-electron chi connectivity index (χ0n) is 16.0. The summed E-state index contributed by atoms with van der Waals surface area (Å²) in [7, 11) is 0. The van der Waals surface area contributed by atoms with Crippen LogP contribution in [0.5, 0.6) is 0 Å². The molecule has 1 amide bonds. The van der Waals surface area contributed by atoms with Gasteiger partial charge in [-0.3, -0.25) is 9.59 Å². The normalized spacial score (nSPS) is 12.2. The molecule has 0 aliphatic heterocycles. The lowest BCUT2D eigenvalue weighted by Gasteiger charge is -2.13. The van der Waals surface area contributed by atoms with Gasteiger partial charge >= 0.3 is 0 Å². The molecule has 4 nitrogen and oxygen atoms in total. The van der Waals surface area contributed by atoms with Crippen LogP contribution in [0.1, 0.15) is 44.8 Å². The molecule has 0 radical (unpaired) electrons. The number of thiazole rings is 1. The molecule has 1 aliphatic carbocycles. The molecule has 3 aromatic rings. The predicted octanol–water partition coefficient (Wildman–Crippen LogP) is 5.13. The zero-order chi connectivity index (χ0) is 19.7. The molecule has 0 bridgehead atoms. The Morgan fingerprint density at radius 3 is 2.75 bits per heavy atom. The Morgan fingerprint density at radius 1 is 1.07 bits per heavy atom. The minimum Gasteiger partial charge on any atom is -0.302 e. The molecule has 4 rings (SSSR count). The molecule has 0 unspecified atom stereocenters. The van der Waals surface area contributed by atoms with Gasteiger partial charge < -0.3 is 5.32 Å². The van der Waals surface area contributed by atoms with Crippen molar-refractivity contribution >= 4 is 28.2 Å². The third-order valence-corrected chi connectivity index (χ3v) is 6.14. The number of Topliss-reactive ketones (excluding diaryl/α,β-unsaturated/α-hetero) is 1. The van der Waals surface area contributed by atoms with Crippen LogP contribution in [0.4, 0.5) is 5.13 Å². The number of carbonyl (C=O) groups excluding carboxylic acids is 2. The summed E-state index contributed by atoms with van der Waals surface area (Å²) in [6, 6.07) is 14.1. The number of aryl methyl sites for hydroxylation is 4. The van der Waals surface area contributed by atoms with Crippen LogP contribution in [0, 0.1) is 13.8 Å². The van der Waals surface area contributed by atoms with E-state index in [-0.39, 0.29) is 24.5 Å². The van der Waals surface area contributed by atoms with E-state index in [0.29, 0.717) is 10.7 Å². The van der Waals surface area contributed by atoms with Crippen molar-refractivity contribution in [2.45, 2.75) is 39.5 Å². The lowest BCUT2D eigenvalue weighted by molar-refractivity contribution is -0.116. The number of aromatic nitrogens is 1. The summed E-state index contributed by atoms with van der Waals surface area (Å²) in [5.74, 6) is -0.165. The number of hydrogen-bond donors (Lipinski definition) is 1. The van der Waals surface area contributed by atoms with Gasteiger partial charge in [0.25, 0.3) is 0 Å². The highest BCUT2D eigenvalue weighted by atomic mass is 32.1. The van der Waals surface area contributed by atoms with Gasteiger partial charge in [0.2, 0.25) is 5.91 Å². The Kier molecular flexibility index (Phi) is 5.09. The highest BCUT2D eigenvalue weighted by Crippen LogP contribution is 2.37. The third-order valence-electron chi connectivity index (χ3n) is 5.11. The maximum Gasteiger partial charge on any atom is 0.226 e. The average molecular weight is 391 g/mol. The van der Waals surface area contributed by atoms with Gasteiger partial charge in [0, 0.05) is 28.8 Å². The van der Waals surface area contributed by atoms with Crippen molar-refractivity contribution in [3.05, 3.63) is 69.6 Å². The molecule has 1 aliphatic rings. The zero-order valence-corrected chi connectivity index (χ0v) is 16.9. The Morgan fingerprint density at radius 2 is 1.89 bits per heavy atom. The Hall–Kier alpha value is -2.79. The molecular formula is C23H22N2O2S. The number of benzene rings is 2. The van der Waals surface area contributed by atoms with Crippen LogP contribution < -0.4 is 5.32 Å². The monoisotopic (exact) mass is 390 g/mol. The van der Waals surface area contributed by atoms with Crippen LogP contribution in [-0.2, 0) is 17.6 Å². The van der Waals surface area contributed by atoms with E-state index in [1.807, 2.05) is 44.2 Å². The summed E-state index contributed by atoms with van der Waals surface area (Å²) < 4.78 is 0. The summed E-state index contributed by atoms with van der Waals surface area (Å²) in [5.41, 5.74) is 6.14. The molecule has 0 saturated heterocycles. The number of nitrogens with one attached hydrogen (secondary N) is 1. The van der Waals surface area contributed by atoms with Crippen LogP contribution in [0.3, 0.4) is 0 Å². The fourth-order valence-corrected chi connectivity index (χ4v) is 4.57. The van der Waals surface area contributed by atoms with Crippen LogP contribution >= 0.6 is 11.3 Å². The fourth-order valence-electron chi connectivity index (χ4n) is 3.58. The fraction of sp³-hybridized carbons (Fsp3) is 0.261. The van der Waals surface area contributed by atoms with Crippen molar-refractivity contribution in [3.8, 4) is 11.3 Å². The maximum absolute atomic E-state index is 12.5. The number of fused-ring (bicyclic) bond motifs is 3. The van der Waals surface area contributed by atoms with Gasteiger partial charge in [-0.05, 0) is 43.9 Å². The van der Waals surface area contributed by atoms with E-state index in [1.165, 1.54) is 21.8 Å².